The zero-order valence-electron chi connectivity index (χ0n) is 9.95. The van der Waals surface area contributed by atoms with Crippen LogP contribution < -0.4 is 0 Å². The maximum atomic E-state index is 13.7. The van der Waals surface area contributed by atoms with Crippen molar-refractivity contribution in [3.63, 3.8) is 0 Å². The maximum Gasteiger partial charge on any atom is 0.341 e. The summed E-state index contributed by atoms with van der Waals surface area (Å²) in [5, 5.41) is 21.2. The second-order valence-corrected chi connectivity index (χ2v) is 3.79. The first-order valence-electron chi connectivity index (χ1n) is 5.07. The van der Waals surface area contributed by atoms with Gasteiger partial charge in [0.05, 0.1) is 22.0 Å². The molecule has 1 aromatic rings. The molecule has 19 heavy (non-hydrogen) atoms. The van der Waals surface area contributed by atoms with Crippen molar-refractivity contribution in [3.05, 3.63) is 43.7 Å². The van der Waals surface area contributed by atoms with Gasteiger partial charge in [-0.3, -0.25) is 20.2 Å². The summed E-state index contributed by atoms with van der Waals surface area (Å²) in [6, 6.07) is 1.05. The van der Waals surface area contributed by atoms with Crippen LogP contribution in [0.1, 0.15) is 24.2 Å². The summed E-state index contributed by atoms with van der Waals surface area (Å²) >= 11 is 0. The molecule has 1 aromatic carbocycles. The quantitative estimate of drug-likeness (QED) is 0.471. The number of halogens is 1. The van der Waals surface area contributed by atoms with Crippen LogP contribution in [-0.2, 0) is 4.74 Å². The minimum Gasteiger partial charge on any atom is -0.459 e. The zero-order valence-corrected chi connectivity index (χ0v) is 9.95. The van der Waals surface area contributed by atoms with E-state index in [2.05, 4.69) is 4.74 Å². The summed E-state index contributed by atoms with van der Waals surface area (Å²) in [5.41, 5.74) is -2.75. The van der Waals surface area contributed by atoms with Crippen LogP contribution in [0.15, 0.2) is 12.1 Å². The molecule has 0 fully saturated rings. The fourth-order valence-electron chi connectivity index (χ4n) is 1.26. The highest BCUT2D eigenvalue weighted by Crippen LogP contribution is 2.27. The van der Waals surface area contributed by atoms with Crippen molar-refractivity contribution in [2.75, 3.05) is 0 Å². The molecule has 0 heterocycles. The van der Waals surface area contributed by atoms with Crippen LogP contribution in [0.5, 0.6) is 0 Å². The molecule has 102 valence electrons. The Hall–Kier alpha value is -2.58. The van der Waals surface area contributed by atoms with Crippen LogP contribution >= 0.6 is 0 Å². The van der Waals surface area contributed by atoms with Crippen LogP contribution in [-0.4, -0.2) is 21.9 Å². The number of carbonyl (C=O) groups excluding carboxylic acids is 1. The molecule has 0 bridgehead atoms. The number of carbonyl (C=O) groups is 1. The van der Waals surface area contributed by atoms with E-state index in [1.165, 1.54) is 13.8 Å². The van der Waals surface area contributed by atoms with Gasteiger partial charge in [-0.25, -0.2) is 4.79 Å². The van der Waals surface area contributed by atoms with E-state index in [1.807, 2.05) is 0 Å². The van der Waals surface area contributed by atoms with Crippen molar-refractivity contribution in [1.29, 1.82) is 0 Å². The minimum absolute atomic E-state index is 0.446. The first-order valence-corrected chi connectivity index (χ1v) is 5.07. The van der Waals surface area contributed by atoms with Gasteiger partial charge in [-0.2, -0.15) is 4.39 Å². The third kappa shape index (κ3) is 3.21. The van der Waals surface area contributed by atoms with Crippen molar-refractivity contribution in [3.8, 4) is 0 Å². The van der Waals surface area contributed by atoms with Gasteiger partial charge in [0.1, 0.15) is 5.56 Å². The van der Waals surface area contributed by atoms with E-state index >= 15 is 0 Å². The Morgan fingerprint density at radius 2 is 1.84 bits per heavy atom. The number of rotatable bonds is 4. The summed E-state index contributed by atoms with van der Waals surface area (Å²) in [6.07, 6.45) is -0.592. The predicted molar refractivity (Wildman–Crippen MR) is 60.3 cm³/mol. The molecular weight excluding hydrogens is 263 g/mol. The summed E-state index contributed by atoms with van der Waals surface area (Å²) in [6.45, 7) is 2.98. The van der Waals surface area contributed by atoms with Crippen LogP contribution in [0.2, 0.25) is 0 Å². The molecular formula is C10H9FN2O6. The Morgan fingerprint density at radius 3 is 2.26 bits per heavy atom. The van der Waals surface area contributed by atoms with E-state index in [4.69, 9.17) is 0 Å². The fourth-order valence-corrected chi connectivity index (χ4v) is 1.26. The molecule has 8 nitrogen and oxygen atoms in total. The van der Waals surface area contributed by atoms with Crippen LogP contribution in [0.25, 0.3) is 0 Å². The molecule has 0 N–H and O–H groups in total. The summed E-state index contributed by atoms with van der Waals surface area (Å²) in [7, 11) is 0. The normalized spacial score (nSPS) is 10.3. The first kappa shape index (κ1) is 14.5. The lowest BCUT2D eigenvalue weighted by atomic mass is 10.1. The van der Waals surface area contributed by atoms with Gasteiger partial charge >= 0.3 is 11.7 Å². The number of ether oxygens (including phenoxy) is 1. The second-order valence-electron chi connectivity index (χ2n) is 3.79. The molecule has 0 aliphatic carbocycles. The molecule has 9 heteroatoms. The molecule has 0 atom stereocenters. The number of nitrogens with zero attached hydrogens (tertiary/aromatic N) is 2. The molecule has 0 aliphatic rings. The molecule has 0 radical (unpaired) electrons. The van der Waals surface area contributed by atoms with Crippen molar-refractivity contribution >= 4 is 17.3 Å². The van der Waals surface area contributed by atoms with Crippen molar-refractivity contribution in [1.82, 2.24) is 0 Å². The number of nitro groups is 2. The summed E-state index contributed by atoms with van der Waals surface area (Å²) < 4.78 is 18.4. The smallest absolute Gasteiger partial charge is 0.341 e. The average molecular weight is 272 g/mol. The van der Waals surface area contributed by atoms with Gasteiger partial charge in [-0.1, -0.05) is 0 Å². The molecule has 0 aromatic heterocycles. The van der Waals surface area contributed by atoms with E-state index in [0.29, 0.717) is 12.1 Å². The van der Waals surface area contributed by atoms with E-state index in [0.717, 1.165) is 0 Å². The van der Waals surface area contributed by atoms with Crippen molar-refractivity contribution in [2.24, 2.45) is 0 Å². The monoisotopic (exact) mass is 272 g/mol. The third-order valence-corrected chi connectivity index (χ3v) is 2.01. The Bertz CT molecular complexity index is 557. The molecule has 0 amide bonds. The van der Waals surface area contributed by atoms with Gasteiger partial charge in [0, 0.05) is 6.07 Å². The number of non-ortho nitro benzene ring substituents is 1. The van der Waals surface area contributed by atoms with Gasteiger partial charge in [-0.15, -0.1) is 0 Å². The van der Waals surface area contributed by atoms with Gasteiger partial charge < -0.3 is 4.74 Å². The second kappa shape index (κ2) is 5.38. The number of nitro benzene ring substituents is 2. The van der Waals surface area contributed by atoms with E-state index in [-0.39, 0.29) is 0 Å². The SMILES string of the molecule is CC(C)OC(=O)c1cc([N+](=O)[O-])cc([N+](=O)[O-])c1F. The van der Waals surface area contributed by atoms with Gasteiger partial charge in [-0.05, 0) is 13.8 Å². The number of hydrogen-bond acceptors (Lipinski definition) is 6. The lowest BCUT2D eigenvalue weighted by Crippen LogP contribution is -2.14. The van der Waals surface area contributed by atoms with Crippen LogP contribution in [0.4, 0.5) is 15.8 Å². The summed E-state index contributed by atoms with van der Waals surface area (Å²) in [5.74, 6) is -2.65. The molecule has 0 spiro atoms. The van der Waals surface area contributed by atoms with E-state index < -0.39 is 44.7 Å². The number of benzene rings is 1. The summed E-state index contributed by atoms with van der Waals surface area (Å²) in [4.78, 5) is 30.6. The molecule has 0 saturated heterocycles. The Kier molecular flexibility index (Phi) is 4.10. The Morgan fingerprint density at radius 1 is 1.26 bits per heavy atom. The average Bonchev–Trinajstić information content (AvgIpc) is 2.27. The van der Waals surface area contributed by atoms with E-state index in [9.17, 15) is 29.4 Å². The topological polar surface area (TPSA) is 113 Å². The fraction of sp³-hybridized carbons (Fsp3) is 0.300. The molecule has 1 rings (SSSR count). The molecule has 0 unspecified atom stereocenters. The standard InChI is InChI=1S/C10H9FN2O6/c1-5(2)19-10(14)7-3-6(12(15)16)4-8(9(7)11)13(17)18/h3-5H,1-2H3. The third-order valence-electron chi connectivity index (χ3n) is 2.01. The Labute approximate surface area is 106 Å². The van der Waals surface area contributed by atoms with Crippen LogP contribution in [0, 0.1) is 26.0 Å². The minimum atomic E-state index is -1.46. The lowest BCUT2D eigenvalue weighted by molar-refractivity contribution is -0.395. The first-order chi connectivity index (χ1) is 8.73. The number of esters is 1. The highest BCUT2D eigenvalue weighted by molar-refractivity contribution is 5.91. The van der Waals surface area contributed by atoms with Crippen molar-refractivity contribution < 1.29 is 23.8 Å². The van der Waals surface area contributed by atoms with Gasteiger partial charge in [0.15, 0.2) is 0 Å². The maximum absolute atomic E-state index is 13.7. The van der Waals surface area contributed by atoms with Crippen molar-refractivity contribution in [2.45, 2.75) is 20.0 Å². The highest BCUT2D eigenvalue weighted by Gasteiger charge is 2.28. The molecule has 0 aliphatic heterocycles. The van der Waals surface area contributed by atoms with Gasteiger partial charge in [0.2, 0.25) is 5.82 Å². The lowest BCUT2D eigenvalue weighted by Gasteiger charge is -2.08. The number of hydrogen-bond donors (Lipinski definition) is 0. The molecule has 0 saturated carbocycles. The Balaban J connectivity index is 3.41. The highest BCUT2D eigenvalue weighted by atomic mass is 19.1. The van der Waals surface area contributed by atoms with Gasteiger partial charge in [0.25, 0.3) is 5.69 Å². The zero-order chi connectivity index (χ0) is 14.7. The van der Waals surface area contributed by atoms with E-state index in [1.54, 1.807) is 0 Å². The predicted octanol–water partition coefficient (Wildman–Crippen LogP) is 2.21. The largest absolute Gasteiger partial charge is 0.459 e. The van der Waals surface area contributed by atoms with Crippen LogP contribution in [0.3, 0.4) is 0 Å².